The van der Waals surface area contributed by atoms with Gasteiger partial charge in [-0.25, -0.2) is 0 Å². The molecule has 1 aromatic rings. The van der Waals surface area contributed by atoms with E-state index >= 15 is 0 Å². The number of hydrogen-bond donors (Lipinski definition) is 1. The van der Waals surface area contributed by atoms with E-state index in [1.807, 2.05) is 0 Å². The molecule has 3 N–H and O–H groups in total. The Morgan fingerprint density at radius 3 is 2.17 bits per heavy atom. The maximum atomic E-state index is 3.90. The average Bonchev–Trinajstić information content (AvgIpc) is 2.08. The molecular weight excluding hydrogens is 146 g/mol. The fourth-order valence-corrected chi connectivity index (χ4v) is 1.47. The van der Waals surface area contributed by atoms with E-state index in [-0.39, 0.29) is 0 Å². The molecule has 0 aliphatic carbocycles. The SMILES string of the molecule is [CH2+]Cc1cc(C)c(C[NH3+])cc1C. The standard InChI is InChI=1S/C11H16N/c1-4-10-5-9(3)11(7-12)6-8(10)2/h5-6H,1,4,7,12H2,2-3H3/q+1/p+1. The van der Waals surface area contributed by atoms with Gasteiger partial charge in [-0.1, -0.05) is 6.07 Å². The summed E-state index contributed by atoms with van der Waals surface area (Å²) >= 11 is 0. The number of hydrogen-bond acceptors (Lipinski definition) is 0. The van der Waals surface area contributed by atoms with Gasteiger partial charge < -0.3 is 5.73 Å². The first-order valence-corrected chi connectivity index (χ1v) is 4.36. The lowest BCUT2D eigenvalue weighted by molar-refractivity contribution is -0.386. The highest BCUT2D eigenvalue weighted by molar-refractivity contribution is 5.37. The summed E-state index contributed by atoms with van der Waals surface area (Å²) in [5.41, 5.74) is 9.28. The Hall–Kier alpha value is -0.950. The second-order valence-electron chi connectivity index (χ2n) is 3.21. The normalized spacial score (nSPS) is 10.2. The minimum absolute atomic E-state index is 0.879. The molecule has 0 saturated carbocycles. The van der Waals surface area contributed by atoms with Gasteiger partial charge in [-0.15, -0.1) is 0 Å². The fraction of sp³-hybridized carbons (Fsp3) is 0.364. The van der Waals surface area contributed by atoms with Crippen molar-refractivity contribution in [2.24, 2.45) is 0 Å². The van der Waals surface area contributed by atoms with Gasteiger partial charge in [0.15, 0.2) is 0 Å². The van der Waals surface area contributed by atoms with Gasteiger partial charge in [-0.3, -0.25) is 0 Å². The minimum Gasteiger partial charge on any atom is -0.354 e. The number of quaternary nitrogens is 1. The van der Waals surface area contributed by atoms with E-state index in [1.165, 1.54) is 22.3 Å². The van der Waals surface area contributed by atoms with Crippen LogP contribution in [0.15, 0.2) is 12.1 Å². The Bertz CT molecular complexity index is 247. The Labute approximate surface area is 74.6 Å². The van der Waals surface area contributed by atoms with Crippen molar-refractivity contribution in [3.63, 3.8) is 0 Å². The molecule has 0 aliphatic heterocycles. The van der Waals surface area contributed by atoms with Crippen molar-refractivity contribution in [2.45, 2.75) is 26.8 Å². The predicted molar refractivity (Wildman–Crippen MR) is 51.6 cm³/mol. The Kier molecular flexibility index (Phi) is 2.77. The van der Waals surface area contributed by atoms with Crippen LogP contribution in [0.4, 0.5) is 0 Å². The van der Waals surface area contributed by atoms with E-state index in [4.69, 9.17) is 0 Å². The molecular formula is C11H17N+2. The zero-order valence-corrected chi connectivity index (χ0v) is 7.98. The molecule has 1 nitrogen and oxygen atoms in total. The van der Waals surface area contributed by atoms with Crippen molar-refractivity contribution in [1.82, 2.24) is 0 Å². The number of benzene rings is 1. The summed E-state index contributed by atoms with van der Waals surface area (Å²) in [6.45, 7) is 9.05. The first kappa shape index (κ1) is 9.14. The number of rotatable bonds is 2. The van der Waals surface area contributed by atoms with Crippen molar-refractivity contribution >= 4 is 0 Å². The van der Waals surface area contributed by atoms with Crippen molar-refractivity contribution < 1.29 is 5.73 Å². The van der Waals surface area contributed by atoms with Gasteiger partial charge in [0.05, 0.1) is 13.5 Å². The Balaban J connectivity index is 3.16. The third-order valence-corrected chi connectivity index (χ3v) is 2.33. The molecule has 0 heterocycles. The zero-order valence-electron chi connectivity index (χ0n) is 7.98. The van der Waals surface area contributed by atoms with E-state index in [1.54, 1.807) is 0 Å². The molecule has 64 valence electrons. The molecule has 0 bridgehead atoms. The molecule has 1 heteroatoms. The smallest absolute Gasteiger partial charge is 0.110 e. The van der Waals surface area contributed by atoms with Crippen LogP contribution in [0.3, 0.4) is 0 Å². The lowest BCUT2D eigenvalue weighted by Gasteiger charge is -2.05. The molecule has 1 aromatic carbocycles. The highest BCUT2D eigenvalue weighted by atomic mass is 14.5. The summed E-state index contributed by atoms with van der Waals surface area (Å²) in [4.78, 5) is 0. The van der Waals surface area contributed by atoms with E-state index in [0.717, 1.165) is 13.0 Å². The first-order chi connectivity index (χ1) is 5.69. The topological polar surface area (TPSA) is 27.6 Å². The van der Waals surface area contributed by atoms with Crippen LogP contribution in [0.1, 0.15) is 22.3 Å². The Morgan fingerprint density at radius 1 is 1.17 bits per heavy atom. The van der Waals surface area contributed by atoms with Gasteiger partial charge >= 0.3 is 0 Å². The molecule has 0 aliphatic rings. The molecule has 0 amide bonds. The lowest BCUT2D eigenvalue weighted by Crippen LogP contribution is -2.47. The second-order valence-corrected chi connectivity index (χ2v) is 3.21. The monoisotopic (exact) mass is 163 g/mol. The molecule has 1 rings (SSSR count). The third kappa shape index (κ3) is 1.62. The predicted octanol–water partition coefficient (Wildman–Crippen LogP) is 1.42. The van der Waals surface area contributed by atoms with Crippen LogP contribution in [0, 0.1) is 20.8 Å². The molecule has 0 spiro atoms. The Morgan fingerprint density at radius 2 is 1.67 bits per heavy atom. The van der Waals surface area contributed by atoms with Crippen LogP contribution >= 0.6 is 0 Å². The van der Waals surface area contributed by atoms with E-state index in [9.17, 15) is 0 Å². The van der Waals surface area contributed by atoms with E-state index in [0.29, 0.717) is 0 Å². The molecule has 0 fully saturated rings. The minimum atomic E-state index is 0.879. The quantitative estimate of drug-likeness (QED) is 0.639. The largest absolute Gasteiger partial charge is 0.354 e. The maximum Gasteiger partial charge on any atom is 0.110 e. The summed E-state index contributed by atoms with van der Waals surface area (Å²) < 4.78 is 0. The molecule has 0 atom stereocenters. The zero-order chi connectivity index (χ0) is 9.14. The van der Waals surface area contributed by atoms with Gasteiger partial charge in [-0.2, -0.15) is 0 Å². The summed E-state index contributed by atoms with van der Waals surface area (Å²) in [7, 11) is 0. The second kappa shape index (κ2) is 3.63. The van der Waals surface area contributed by atoms with Crippen LogP contribution in [-0.4, -0.2) is 0 Å². The van der Waals surface area contributed by atoms with Gasteiger partial charge in [0.25, 0.3) is 0 Å². The van der Waals surface area contributed by atoms with Crippen molar-refractivity contribution in [3.8, 4) is 0 Å². The van der Waals surface area contributed by atoms with Gasteiger partial charge in [0, 0.05) is 5.56 Å². The lowest BCUT2D eigenvalue weighted by atomic mass is 9.99. The fourth-order valence-electron chi connectivity index (χ4n) is 1.47. The summed E-state index contributed by atoms with van der Waals surface area (Å²) in [5, 5.41) is 0. The molecule has 12 heavy (non-hydrogen) atoms. The van der Waals surface area contributed by atoms with Crippen LogP contribution in [0.2, 0.25) is 0 Å². The van der Waals surface area contributed by atoms with Crippen molar-refractivity contribution in [3.05, 3.63) is 41.3 Å². The first-order valence-electron chi connectivity index (χ1n) is 4.36. The van der Waals surface area contributed by atoms with E-state index < -0.39 is 0 Å². The molecule has 0 saturated heterocycles. The van der Waals surface area contributed by atoms with Crippen molar-refractivity contribution in [1.29, 1.82) is 0 Å². The van der Waals surface area contributed by atoms with E-state index in [2.05, 4.69) is 38.6 Å². The molecule has 0 unspecified atom stereocenters. The van der Waals surface area contributed by atoms with Crippen LogP contribution in [0.25, 0.3) is 0 Å². The highest BCUT2D eigenvalue weighted by Gasteiger charge is 2.04. The van der Waals surface area contributed by atoms with Crippen LogP contribution in [-0.2, 0) is 13.0 Å². The molecule has 0 aromatic heterocycles. The maximum absolute atomic E-state index is 3.90. The summed E-state index contributed by atoms with van der Waals surface area (Å²) in [6.07, 6.45) is 0.879. The van der Waals surface area contributed by atoms with Crippen LogP contribution in [0.5, 0.6) is 0 Å². The summed E-state index contributed by atoms with van der Waals surface area (Å²) in [5.74, 6) is 0. The highest BCUT2D eigenvalue weighted by Crippen LogP contribution is 2.15. The van der Waals surface area contributed by atoms with Gasteiger partial charge in [0.1, 0.15) is 6.42 Å². The number of aryl methyl sites for hydroxylation is 2. The molecule has 0 radical (unpaired) electrons. The van der Waals surface area contributed by atoms with Gasteiger partial charge in [-0.05, 0) is 36.6 Å². The van der Waals surface area contributed by atoms with Crippen LogP contribution < -0.4 is 5.73 Å². The average molecular weight is 163 g/mol. The van der Waals surface area contributed by atoms with Crippen molar-refractivity contribution in [2.75, 3.05) is 0 Å². The third-order valence-electron chi connectivity index (χ3n) is 2.33. The summed E-state index contributed by atoms with van der Waals surface area (Å²) in [6, 6.07) is 4.45. The van der Waals surface area contributed by atoms with Gasteiger partial charge in [0.2, 0.25) is 0 Å².